The van der Waals surface area contributed by atoms with Gasteiger partial charge in [-0.1, -0.05) is 19.1 Å². The van der Waals surface area contributed by atoms with Gasteiger partial charge in [-0.2, -0.15) is 0 Å². The first-order chi connectivity index (χ1) is 13.0. The van der Waals surface area contributed by atoms with Gasteiger partial charge in [0.2, 0.25) is 0 Å². The summed E-state index contributed by atoms with van der Waals surface area (Å²) in [5, 5.41) is 10.6. The van der Waals surface area contributed by atoms with Gasteiger partial charge in [-0.25, -0.2) is 0 Å². The van der Waals surface area contributed by atoms with E-state index in [1.807, 2.05) is 44.1 Å². The van der Waals surface area contributed by atoms with E-state index in [-0.39, 0.29) is 12.0 Å². The molecule has 1 heterocycles. The Hall–Kier alpha value is -1.43. The molecule has 0 aromatic rings. The number of nitrogens with zero attached hydrogens (tertiary/aromatic N) is 2. The zero-order valence-electron chi connectivity index (χ0n) is 17.6. The molecule has 3 atom stereocenters. The van der Waals surface area contributed by atoms with Crippen LogP contribution in [0.2, 0.25) is 0 Å². The summed E-state index contributed by atoms with van der Waals surface area (Å²) in [7, 11) is 2.03. The third-order valence-electron chi connectivity index (χ3n) is 5.11. The number of likely N-dealkylation sites (N-methyl/N-ethyl adjacent to an activating group) is 1. The van der Waals surface area contributed by atoms with Crippen molar-refractivity contribution in [2.75, 3.05) is 33.3 Å². The molecular weight excluding hydrogens is 340 g/mol. The van der Waals surface area contributed by atoms with Gasteiger partial charge in [0.05, 0.1) is 12.2 Å². The van der Waals surface area contributed by atoms with Gasteiger partial charge in [-0.05, 0) is 46.6 Å². The highest BCUT2D eigenvalue weighted by Gasteiger charge is 2.29. The summed E-state index contributed by atoms with van der Waals surface area (Å²) in [6, 6.07) is 0. The minimum absolute atomic E-state index is 0.104. The third-order valence-corrected chi connectivity index (χ3v) is 5.11. The van der Waals surface area contributed by atoms with Crippen LogP contribution in [-0.2, 0) is 9.53 Å². The molecule has 154 valence electrons. The fourth-order valence-corrected chi connectivity index (χ4v) is 3.69. The Morgan fingerprint density at radius 1 is 1.44 bits per heavy atom. The zero-order valence-corrected chi connectivity index (χ0v) is 17.6. The number of aliphatic hydroxyl groups is 1. The number of hydrogen-bond acceptors (Lipinski definition) is 5. The normalized spacial score (nSPS) is 20.8. The van der Waals surface area contributed by atoms with Crippen LogP contribution in [0.5, 0.6) is 0 Å². The van der Waals surface area contributed by atoms with Gasteiger partial charge < -0.3 is 19.6 Å². The molecule has 0 spiro atoms. The molecule has 0 radical (unpaired) electrons. The van der Waals surface area contributed by atoms with Gasteiger partial charge in [-0.15, -0.1) is 6.58 Å². The summed E-state index contributed by atoms with van der Waals surface area (Å²) in [6.07, 6.45) is 10.3. The maximum Gasteiger partial charge on any atom is 0.148 e. The van der Waals surface area contributed by atoms with Crippen LogP contribution in [-0.4, -0.2) is 66.7 Å². The average Bonchev–Trinajstić information content (AvgIpc) is 2.99. The van der Waals surface area contributed by atoms with Crippen LogP contribution < -0.4 is 0 Å². The number of aldehydes is 1. The fourth-order valence-electron chi connectivity index (χ4n) is 3.69. The number of carbonyl (C=O) groups excluding carboxylic acids is 1. The lowest BCUT2D eigenvalue weighted by atomic mass is 9.94. The van der Waals surface area contributed by atoms with Gasteiger partial charge in [0, 0.05) is 49.6 Å². The van der Waals surface area contributed by atoms with Crippen molar-refractivity contribution in [3.8, 4) is 0 Å². The van der Waals surface area contributed by atoms with E-state index in [0.29, 0.717) is 13.1 Å². The van der Waals surface area contributed by atoms with Crippen LogP contribution >= 0.6 is 0 Å². The summed E-state index contributed by atoms with van der Waals surface area (Å²) in [4.78, 5) is 15.6. The van der Waals surface area contributed by atoms with Crippen LogP contribution in [0.15, 0.2) is 36.2 Å². The second-order valence-corrected chi connectivity index (χ2v) is 7.22. The Balaban J connectivity index is 2.57. The van der Waals surface area contributed by atoms with Crippen molar-refractivity contribution in [3.05, 3.63) is 36.2 Å². The van der Waals surface area contributed by atoms with Gasteiger partial charge >= 0.3 is 0 Å². The van der Waals surface area contributed by atoms with Crippen molar-refractivity contribution >= 4 is 6.29 Å². The first kappa shape index (κ1) is 23.6. The lowest BCUT2D eigenvalue weighted by molar-refractivity contribution is -0.105. The SMILES string of the molecule is C=CCCC1C(C=O)=CN(CC(O)CN(C)CCC(CC)OCC)/C1=C/C. The Morgan fingerprint density at radius 2 is 2.19 bits per heavy atom. The molecule has 0 aromatic heterocycles. The smallest absolute Gasteiger partial charge is 0.148 e. The Bertz CT molecular complexity index is 516. The lowest BCUT2D eigenvalue weighted by Crippen LogP contribution is -2.37. The van der Waals surface area contributed by atoms with Crippen molar-refractivity contribution in [1.82, 2.24) is 9.80 Å². The first-order valence-corrected chi connectivity index (χ1v) is 10.2. The lowest BCUT2D eigenvalue weighted by Gasteiger charge is -2.28. The minimum Gasteiger partial charge on any atom is -0.390 e. The number of aliphatic hydroxyl groups excluding tert-OH is 1. The Labute approximate surface area is 165 Å². The van der Waals surface area contributed by atoms with Crippen LogP contribution in [0, 0.1) is 5.92 Å². The zero-order chi connectivity index (χ0) is 20.2. The highest BCUT2D eigenvalue weighted by molar-refractivity contribution is 5.76. The quantitative estimate of drug-likeness (QED) is 0.371. The molecule has 0 saturated carbocycles. The molecule has 1 N–H and O–H groups in total. The van der Waals surface area contributed by atoms with Crippen molar-refractivity contribution in [1.29, 1.82) is 0 Å². The van der Waals surface area contributed by atoms with E-state index in [0.717, 1.165) is 56.4 Å². The molecule has 3 unspecified atom stereocenters. The molecule has 0 amide bonds. The number of hydrogen-bond donors (Lipinski definition) is 1. The summed E-state index contributed by atoms with van der Waals surface area (Å²) in [5.41, 5.74) is 1.89. The first-order valence-electron chi connectivity index (χ1n) is 10.2. The maximum atomic E-state index is 11.5. The summed E-state index contributed by atoms with van der Waals surface area (Å²) in [5.74, 6) is 0.104. The minimum atomic E-state index is -0.487. The van der Waals surface area contributed by atoms with Crippen molar-refractivity contribution in [2.24, 2.45) is 5.92 Å². The van der Waals surface area contributed by atoms with E-state index in [2.05, 4.69) is 18.4 Å². The van der Waals surface area contributed by atoms with Gasteiger partial charge in [0.15, 0.2) is 0 Å². The van der Waals surface area contributed by atoms with Crippen molar-refractivity contribution in [2.45, 2.75) is 58.7 Å². The topological polar surface area (TPSA) is 53.0 Å². The monoisotopic (exact) mass is 378 g/mol. The fraction of sp³-hybridized carbons (Fsp3) is 0.682. The molecule has 0 bridgehead atoms. The second kappa shape index (κ2) is 12.9. The van der Waals surface area contributed by atoms with Crippen molar-refractivity contribution in [3.63, 3.8) is 0 Å². The highest BCUT2D eigenvalue weighted by Crippen LogP contribution is 2.34. The molecule has 1 rings (SSSR count). The van der Waals surface area contributed by atoms with Crippen LogP contribution in [0.4, 0.5) is 0 Å². The Morgan fingerprint density at radius 3 is 2.74 bits per heavy atom. The van der Waals surface area contributed by atoms with Gasteiger partial charge in [0.1, 0.15) is 6.29 Å². The third kappa shape index (κ3) is 7.60. The number of ether oxygens (including phenoxy) is 1. The van der Waals surface area contributed by atoms with E-state index in [4.69, 9.17) is 4.74 Å². The van der Waals surface area contributed by atoms with Gasteiger partial charge in [-0.3, -0.25) is 4.79 Å². The molecule has 1 aliphatic heterocycles. The number of rotatable bonds is 14. The number of carbonyl (C=O) groups is 1. The van der Waals surface area contributed by atoms with Gasteiger partial charge in [0.25, 0.3) is 0 Å². The number of allylic oxidation sites excluding steroid dienone is 3. The summed E-state index contributed by atoms with van der Waals surface area (Å²) < 4.78 is 5.70. The van der Waals surface area contributed by atoms with E-state index in [9.17, 15) is 9.90 Å². The summed E-state index contributed by atoms with van der Waals surface area (Å²) in [6.45, 7) is 12.6. The molecule has 5 nitrogen and oxygen atoms in total. The molecular formula is C22H38N2O3. The average molecular weight is 379 g/mol. The van der Waals surface area contributed by atoms with E-state index >= 15 is 0 Å². The van der Waals surface area contributed by atoms with E-state index < -0.39 is 6.10 Å². The number of β-amino-alcohol motifs (C(OH)–C–C–N with tert-alkyl or cyclic N) is 1. The predicted octanol–water partition coefficient (Wildman–Crippen LogP) is 3.37. The Kier molecular flexibility index (Phi) is 11.3. The van der Waals surface area contributed by atoms with Crippen LogP contribution in [0.25, 0.3) is 0 Å². The molecule has 27 heavy (non-hydrogen) atoms. The molecule has 1 aliphatic rings. The molecule has 0 fully saturated rings. The molecule has 0 aliphatic carbocycles. The maximum absolute atomic E-state index is 11.5. The molecule has 0 aromatic carbocycles. The summed E-state index contributed by atoms with van der Waals surface area (Å²) >= 11 is 0. The van der Waals surface area contributed by atoms with Crippen LogP contribution in [0.3, 0.4) is 0 Å². The van der Waals surface area contributed by atoms with Crippen molar-refractivity contribution < 1.29 is 14.6 Å². The highest BCUT2D eigenvalue weighted by atomic mass is 16.5. The standard InChI is InChI=1S/C22H38N2O3/c1-6-10-11-21-18(17-25)14-24(22(21)8-3)16-19(26)15-23(5)13-12-20(7-2)27-9-4/h6,8,14,17,19-21,26H,1,7,9-13,15-16H2,2-5H3/b22-8+. The second-order valence-electron chi connectivity index (χ2n) is 7.22. The van der Waals surface area contributed by atoms with E-state index in [1.165, 1.54) is 0 Å². The molecule has 5 heteroatoms. The largest absolute Gasteiger partial charge is 0.390 e. The van der Waals surface area contributed by atoms with E-state index in [1.54, 1.807) is 0 Å². The predicted molar refractivity (Wildman–Crippen MR) is 111 cm³/mol. The van der Waals surface area contributed by atoms with Crippen LogP contribution in [0.1, 0.15) is 46.5 Å². The molecule has 0 saturated heterocycles.